The molecule has 50 valence electrons. The minimum atomic E-state index is -1.07. The first-order chi connectivity index (χ1) is 4.06. The fraction of sp³-hybridized carbons (Fsp3) is 0.833. The van der Waals surface area contributed by atoms with Gasteiger partial charge in [0.2, 0.25) is 0 Å². The molecule has 3 fully saturated rings. The Kier molecular flexibility index (Phi) is 0.579. The highest BCUT2D eigenvalue weighted by molar-refractivity contribution is 5.79. The second-order valence-corrected chi connectivity index (χ2v) is 3.27. The number of carboxylic acid groups (broad SMARTS) is 1. The van der Waals surface area contributed by atoms with Gasteiger partial charge in [0.15, 0.2) is 0 Å². The molecule has 9 heavy (non-hydrogen) atoms. The van der Waals surface area contributed by atoms with Gasteiger partial charge in [0, 0.05) is 0 Å². The van der Waals surface area contributed by atoms with E-state index in [-0.39, 0.29) is 19.3 Å². The van der Waals surface area contributed by atoms with E-state index in [2.05, 4.69) is 0 Å². The molecule has 2 nitrogen and oxygen atoms in total. The lowest BCUT2D eigenvalue weighted by Crippen LogP contribution is -2.67. The smallest absolute Gasteiger partial charge is 0.309 e. The van der Waals surface area contributed by atoms with Crippen molar-refractivity contribution in [3.8, 4) is 0 Å². The van der Waals surface area contributed by atoms with Crippen LogP contribution in [0.2, 0.25) is 0 Å². The molecule has 0 amide bonds. The molecule has 0 aromatic heterocycles. The highest BCUT2D eigenvalue weighted by Crippen LogP contribution is 2.69. The number of hydrogen-bond donors (Lipinski definition) is 1. The Labute approximate surface area is 51.7 Å². The first kappa shape index (κ1) is 5.21. The van der Waals surface area contributed by atoms with Crippen molar-refractivity contribution in [3.05, 3.63) is 0 Å². The number of hydrogen-bond acceptors (Lipinski definition) is 1. The molecule has 0 aromatic carbocycles. The molecule has 0 heterocycles. The molecule has 3 saturated carbocycles. The van der Waals surface area contributed by atoms with Crippen molar-refractivity contribution in [1.29, 1.82) is 0 Å². The SMILES string of the molecule is O=C(O)C12CC(F)(C1)C2. The van der Waals surface area contributed by atoms with Crippen LogP contribution in [0.15, 0.2) is 0 Å². The summed E-state index contributed by atoms with van der Waals surface area (Å²) in [7, 11) is 0. The van der Waals surface area contributed by atoms with Crippen molar-refractivity contribution in [1.82, 2.24) is 0 Å². The van der Waals surface area contributed by atoms with E-state index >= 15 is 0 Å². The summed E-state index contributed by atoms with van der Waals surface area (Å²) in [6, 6.07) is 0. The van der Waals surface area contributed by atoms with Crippen molar-refractivity contribution < 1.29 is 14.3 Å². The van der Waals surface area contributed by atoms with Crippen molar-refractivity contribution in [2.24, 2.45) is 5.41 Å². The summed E-state index contributed by atoms with van der Waals surface area (Å²) in [5.74, 6) is -0.818. The first-order valence-corrected chi connectivity index (χ1v) is 2.99. The lowest BCUT2D eigenvalue weighted by atomic mass is 9.42. The van der Waals surface area contributed by atoms with E-state index in [1.807, 2.05) is 0 Å². The molecule has 2 bridgehead atoms. The number of carboxylic acids is 1. The van der Waals surface area contributed by atoms with E-state index in [0.29, 0.717) is 0 Å². The monoisotopic (exact) mass is 130 g/mol. The van der Waals surface area contributed by atoms with Gasteiger partial charge in [-0.1, -0.05) is 0 Å². The second-order valence-electron chi connectivity index (χ2n) is 3.27. The van der Waals surface area contributed by atoms with Crippen LogP contribution in [0.1, 0.15) is 19.3 Å². The van der Waals surface area contributed by atoms with Gasteiger partial charge in [-0.2, -0.15) is 0 Å². The predicted octanol–water partition coefficient (Wildman–Crippen LogP) is 0.963. The highest BCUT2D eigenvalue weighted by atomic mass is 19.1. The van der Waals surface area contributed by atoms with E-state index in [1.165, 1.54) is 0 Å². The zero-order chi connectivity index (χ0) is 6.70. The topological polar surface area (TPSA) is 37.3 Å². The first-order valence-electron chi connectivity index (χ1n) is 2.99. The summed E-state index contributed by atoms with van der Waals surface area (Å²) in [4.78, 5) is 10.3. The van der Waals surface area contributed by atoms with Gasteiger partial charge in [0.05, 0.1) is 5.41 Å². The van der Waals surface area contributed by atoms with E-state index in [1.54, 1.807) is 0 Å². The van der Waals surface area contributed by atoms with Gasteiger partial charge in [-0.25, -0.2) is 4.39 Å². The normalized spacial score (nSPS) is 53.4. The standard InChI is InChI=1S/C6H7FO2/c7-6-1-5(2-6,3-6)4(8)9/h1-3H2,(H,8,9). The maximum absolute atomic E-state index is 12.6. The van der Waals surface area contributed by atoms with Gasteiger partial charge in [0.1, 0.15) is 5.67 Å². The maximum atomic E-state index is 12.6. The van der Waals surface area contributed by atoms with Gasteiger partial charge in [-0.05, 0) is 19.3 Å². The van der Waals surface area contributed by atoms with Crippen LogP contribution in [0.25, 0.3) is 0 Å². The minimum absolute atomic E-state index is 0.259. The Morgan fingerprint density at radius 3 is 2.00 bits per heavy atom. The fourth-order valence-electron chi connectivity index (χ4n) is 1.89. The Bertz CT molecular complexity index is 168. The zero-order valence-corrected chi connectivity index (χ0v) is 4.85. The Balaban J connectivity index is 2.13. The molecule has 3 aliphatic rings. The van der Waals surface area contributed by atoms with Crippen LogP contribution >= 0.6 is 0 Å². The Hall–Kier alpha value is -0.600. The van der Waals surface area contributed by atoms with Crippen LogP contribution in [0.5, 0.6) is 0 Å². The second kappa shape index (κ2) is 1.00. The minimum Gasteiger partial charge on any atom is -0.481 e. The van der Waals surface area contributed by atoms with Gasteiger partial charge < -0.3 is 5.11 Å². The number of halogens is 1. The molecule has 3 rings (SSSR count). The summed E-state index contributed by atoms with van der Waals surface area (Å²) < 4.78 is 12.6. The molecular weight excluding hydrogens is 123 g/mol. The largest absolute Gasteiger partial charge is 0.481 e. The van der Waals surface area contributed by atoms with Crippen molar-refractivity contribution in [2.75, 3.05) is 0 Å². The van der Waals surface area contributed by atoms with Crippen LogP contribution in [0.3, 0.4) is 0 Å². The predicted molar refractivity (Wildman–Crippen MR) is 27.8 cm³/mol. The van der Waals surface area contributed by atoms with Crippen molar-refractivity contribution in [2.45, 2.75) is 24.9 Å². The fourth-order valence-corrected chi connectivity index (χ4v) is 1.89. The van der Waals surface area contributed by atoms with Gasteiger partial charge in [-0.3, -0.25) is 4.79 Å². The summed E-state index contributed by atoms with van der Waals surface area (Å²) in [5, 5.41) is 8.48. The summed E-state index contributed by atoms with van der Waals surface area (Å²) in [6.07, 6.45) is 0.778. The Morgan fingerprint density at radius 1 is 1.44 bits per heavy atom. The van der Waals surface area contributed by atoms with Crippen LogP contribution in [0.4, 0.5) is 4.39 Å². The van der Waals surface area contributed by atoms with Gasteiger partial charge in [0.25, 0.3) is 0 Å². The summed E-state index contributed by atoms with van der Waals surface area (Å²) in [6.45, 7) is 0. The number of carbonyl (C=O) groups is 1. The quantitative estimate of drug-likeness (QED) is 0.574. The third-order valence-corrected chi connectivity index (χ3v) is 2.42. The van der Waals surface area contributed by atoms with Crippen LogP contribution in [-0.2, 0) is 4.79 Å². The van der Waals surface area contributed by atoms with Gasteiger partial charge >= 0.3 is 5.97 Å². The van der Waals surface area contributed by atoms with Crippen LogP contribution in [-0.4, -0.2) is 16.7 Å². The molecule has 0 unspecified atom stereocenters. The number of aliphatic carboxylic acids is 1. The molecule has 0 spiro atoms. The number of alkyl halides is 1. The highest BCUT2D eigenvalue weighted by Gasteiger charge is 2.73. The maximum Gasteiger partial charge on any atom is 0.309 e. The van der Waals surface area contributed by atoms with E-state index in [4.69, 9.17) is 5.11 Å². The lowest BCUT2D eigenvalue weighted by molar-refractivity contribution is -0.227. The molecule has 0 radical (unpaired) electrons. The molecule has 0 aromatic rings. The Morgan fingerprint density at radius 2 is 1.89 bits per heavy atom. The molecule has 1 N–H and O–H groups in total. The summed E-state index contributed by atoms with van der Waals surface area (Å²) >= 11 is 0. The van der Waals surface area contributed by atoms with E-state index in [9.17, 15) is 9.18 Å². The average molecular weight is 130 g/mol. The molecule has 0 saturated heterocycles. The van der Waals surface area contributed by atoms with Crippen molar-refractivity contribution >= 4 is 5.97 Å². The molecule has 3 aliphatic carbocycles. The third kappa shape index (κ3) is 0.394. The molecule has 0 atom stereocenters. The van der Waals surface area contributed by atoms with Crippen molar-refractivity contribution in [3.63, 3.8) is 0 Å². The van der Waals surface area contributed by atoms with Crippen LogP contribution in [0, 0.1) is 5.41 Å². The molecule has 3 heteroatoms. The summed E-state index contributed by atoms with van der Waals surface area (Å²) in [5.41, 5.74) is -1.70. The third-order valence-electron chi connectivity index (χ3n) is 2.42. The average Bonchev–Trinajstić information content (AvgIpc) is 1.54. The molecule has 0 aliphatic heterocycles. The lowest BCUT2D eigenvalue weighted by Gasteiger charge is -2.62. The zero-order valence-electron chi connectivity index (χ0n) is 4.85. The van der Waals surface area contributed by atoms with Crippen LogP contribution < -0.4 is 0 Å². The number of rotatable bonds is 1. The van der Waals surface area contributed by atoms with E-state index < -0.39 is 17.1 Å². The van der Waals surface area contributed by atoms with Gasteiger partial charge in [-0.15, -0.1) is 0 Å². The molecular formula is C6H7FO2. The van der Waals surface area contributed by atoms with E-state index in [0.717, 1.165) is 0 Å².